The number of benzene rings is 1. The van der Waals surface area contributed by atoms with Crippen LogP contribution in [0.25, 0.3) is 0 Å². The van der Waals surface area contributed by atoms with E-state index in [1.165, 1.54) is 31.2 Å². The highest BCUT2D eigenvalue weighted by Gasteiger charge is 2.10. The minimum Gasteiger partial charge on any atom is -0.370 e. The lowest BCUT2D eigenvalue weighted by Crippen LogP contribution is -2.33. The quantitative estimate of drug-likeness (QED) is 0.620. The molecule has 1 saturated heterocycles. The van der Waals surface area contributed by atoms with Gasteiger partial charge in [-0.3, -0.25) is 0 Å². The van der Waals surface area contributed by atoms with Crippen LogP contribution < -0.4 is 16.0 Å². The molecule has 1 aliphatic rings. The molecule has 3 rings (SSSR count). The Kier molecular flexibility index (Phi) is 6.88. The number of rotatable bonds is 6. The van der Waals surface area contributed by atoms with Gasteiger partial charge in [0, 0.05) is 25.8 Å². The van der Waals surface area contributed by atoms with Gasteiger partial charge in [0.15, 0.2) is 5.96 Å². The average Bonchev–Trinajstić information content (AvgIpc) is 2.97. The van der Waals surface area contributed by atoms with Gasteiger partial charge in [-0.2, -0.15) is 0 Å². The fraction of sp³-hybridized carbons (Fsp3) is 0.429. The second kappa shape index (κ2) is 9.80. The van der Waals surface area contributed by atoms with Crippen molar-refractivity contribution in [3.63, 3.8) is 0 Å². The molecule has 1 aromatic heterocycles. The lowest BCUT2D eigenvalue weighted by atomic mass is 10.1. The molecule has 0 bridgehead atoms. The van der Waals surface area contributed by atoms with E-state index in [0.717, 1.165) is 37.4 Å². The summed E-state index contributed by atoms with van der Waals surface area (Å²) in [4.78, 5) is 11.4. The number of guanidine groups is 1. The van der Waals surface area contributed by atoms with Crippen LogP contribution in [0.2, 0.25) is 0 Å². The molecular weight excluding hydrogens is 322 g/mol. The van der Waals surface area contributed by atoms with Crippen molar-refractivity contribution in [3.05, 3.63) is 59.8 Å². The number of anilines is 1. The third-order valence-corrected chi connectivity index (χ3v) is 4.73. The third-order valence-electron chi connectivity index (χ3n) is 4.73. The van der Waals surface area contributed by atoms with Crippen LogP contribution in [-0.2, 0) is 13.0 Å². The van der Waals surface area contributed by atoms with E-state index in [-0.39, 0.29) is 0 Å². The number of hydrogen-bond donors (Lipinski definition) is 2. The molecule has 0 atom stereocenters. The number of hydrogen-bond acceptors (Lipinski definition) is 3. The van der Waals surface area contributed by atoms with Gasteiger partial charge in [0.05, 0.1) is 6.54 Å². The number of aliphatic imine (C=N–C) groups is 1. The minimum absolute atomic E-state index is 0.484. The molecule has 1 fully saturated rings. The molecule has 2 aromatic rings. The zero-order valence-electron chi connectivity index (χ0n) is 15.4. The number of aromatic nitrogens is 1. The fourth-order valence-electron chi connectivity index (χ4n) is 3.21. The Hall–Kier alpha value is -2.56. The van der Waals surface area contributed by atoms with E-state index >= 15 is 0 Å². The highest BCUT2D eigenvalue weighted by atomic mass is 15.2. The molecule has 0 saturated carbocycles. The largest absolute Gasteiger partial charge is 0.370 e. The van der Waals surface area contributed by atoms with Crippen molar-refractivity contribution in [2.75, 3.05) is 24.5 Å². The predicted octanol–water partition coefficient (Wildman–Crippen LogP) is 3.11. The monoisotopic (exact) mass is 351 g/mol. The summed E-state index contributed by atoms with van der Waals surface area (Å²) >= 11 is 0. The summed E-state index contributed by atoms with van der Waals surface area (Å²) in [5.41, 5.74) is 8.33. The van der Waals surface area contributed by atoms with Crippen molar-refractivity contribution < 1.29 is 0 Å². The summed E-state index contributed by atoms with van der Waals surface area (Å²) in [6.07, 6.45) is 8.04. The van der Waals surface area contributed by atoms with Crippen LogP contribution >= 0.6 is 0 Å². The first-order valence-corrected chi connectivity index (χ1v) is 9.59. The average molecular weight is 351 g/mol. The Bertz CT molecular complexity index is 673. The first kappa shape index (κ1) is 18.2. The van der Waals surface area contributed by atoms with Crippen molar-refractivity contribution in [1.29, 1.82) is 0 Å². The third kappa shape index (κ3) is 5.76. The first-order valence-electron chi connectivity index (χ1n) is 9.59. The van der Waals surface area contributed by atoms with E-state index in [9.17, 15) is 0 Å². The number of pyridine rings is 1. The Balaban J connectivity index is 1.45. The molecule has 1 aromatic carbocycles. The second-order valence-electron chi connectivity index (χ2n) is 6.79. The van der Waals surface area contributed by atoms with Crippen molar-refractivity contribution in [2.45, 2.75) is 38.6 Å². The Morgan fingerprint density at radius 1 is 1.00 bits per heavy atom. The Morgan fingerprint density at radius 2 is 1.77 bits per heavy atom. The van der Waals surface area contributed by atoms with Gasteiger partial charge in [-0.05, 0) is 36.5 Å². The molecule has 3 N–H and O–H groups in total. The highest BCUT2D eigenvalue weighted by molar-refractivity contribution is 5.77. The number of nitrogens with two attached hydrogens (primary N) is 1. The van der Waals surface area contributed by atoms with Gasteiger partial charge < -0.3 is 16.0 Å². The molecule has 2 heterocycles. The molecule has 0 spiro atoms. The van der Waals surface area contributed by atoms with E-state index in [2.05, 4.69) is 56.6 Å². The maximum absolute atomic E-state index is 5.96. The summed E-state index contributed by atoms with van der Waals surface area (Å²) in [6.45, 7) is 3.56. The zero-order chi connectivity index (χ0) is 18.0. The maximum Gasteiger partial charge on any atom is 0.188 e. The Labute approximate surface area is 156 Å². The molecule has 1 aliphatic heterocycles. The summed E-state index contributed by atoms with van der Waals surface area (Å²) in [5.74, 6) is 1.56. The normalized spacial score (nSPS) is 15.5. The number of nitrogens with zero attached hydrogens (tertiary/aromatic N) is 3. The molecule has 5 nitrogen and oxygen atoms in total. The molecule has 138 valence electrons. The zero-order valence-corrected chi connectivity index (χ0v) is 15.4. The molecule has 0 unspecified atom stereocenters. The molecular formula is C21H29N5. The van der Waals surface area contributed by atoms with Gasteiger partial charge in [-0.1, -0.05) is 49.2 Å². The molecule has 5 heteroatoms. The van der Waals surface area contributed by atoms with E-state index < -0.39 is 0 Å². The van der Waals surface area contributed by atoms with Crippen LogP contribution in [0.15, 0.2) is 53.7 Å². The Morgan fingerprint density at radius 3 is 2.46 bits per heavy atom. The lowest BCUT2D eigenvalue weighted by Gasteiger charge is -2.21. The SMILES string of the molecule is NC(=NCc1ccc(N2CCCCCC2)nc1)NCCc1ccccc1. The second-order valence-corrected chi connectivity index (χ2v) is 6.79. The van der Waals surface area contributed by atoms with Crippen molar-refractivity contribution in [2.24, 2.45) is 10.7 Å². The van der Waals surface area contributed by atoms with Crippen molar-refractivity contribution in [3.8, 4) is 0 Å². The molecule has 0 radical (unpaired) electrons. The van der Waals surface area contributed by atoms with Crippen LogP contribution in [0.1, 0.15) is 36.8 Å². The highest BCUT2D eigenvalue weighted by Crippen LogP contribution is 2.17. The fourth-order valence-corrected chi connectivity index (χ4v) is 3.21. The summed E-state index contributed by atoms with van der Waals surface area (Å²) in [5, 5.41) is 3.17. The van der Waals surface area contributed by atoms with Crippen LogP contribution in [0.4, 0.5) is 5.82 Å². The smallest absolute Gasteiger partial charge is 0.188 e. The van der Waals surface area contributed by atoms with Crippen molar-refractivity contribution in [1.82, 2.24) is 10.3 Å². The first-order chi connectivity index (χ1) is 12.8. The van der Waals surface area contributed by atoms with Gasteiger partial charge in [-0.15, -0.1) is 0 Å². The predicted molar refractivity (Wildman–Crippen MR) is 108 cm³/mol. The van der Waals surface area contributed by atoms with Gasteiger partial charge in [0.1, 0.15) is 5.82 Å². The topological polar surface area (TPSA) is 66.5 Å². The maximum atomic E-state index is 5.96. The molecule has 0 amide bonds. The van der Waals surface area contributed by atoms with Gasteiger partial charge in [0.25, 0.3) is 0 Å². The summed E-state index contributed by atoms with van der Waals surface area (Å²) in [6, 6.07) is 14.6. The van der Waals surface area contributed by atoms with Gasteiger partial charge >= 0.3 is 0 Å². The van der Waals surface area contributed by atoms with Crippen LogP contribution in [0.3, 0.4) is 0 Å². The molecule has 26 heavy (non-hydrogen) atoms. The van der Waals surface area contributed by atoms with Crippen molar-refractivity contribution >= 4 is 11.8 Å². The lowest BCUT2D eigenvalue weighted by molar-refractivity contribution is 0.726. The molecule has 0 aliphatic carbocycles. The van der Waals surface area contributed by atoms with Gasteiger partial charge in [0.2, 0.25) is 0 Å². The summed E-state index contributed by atoms with van der Waals surface area (Å²) < 4.78 is 0. The standard InChI is InChI=1S/C21H29N5/c22-21(23-13-12-18-8-4-3-5-9-18)25-17-19-10-11-20(24-16-19)26-14-6-1-2-7-15-26/h3-5,8-11,16H,1-2,6-7,12-15,17H2,(H3,22,23,25). The number of nitrogens with one attached hydrogen (secondary N) is 1. The van der Waals surface area contributed by atoms with E-state index in [1.807, 2.05) is 12.3 Å². The van der Waals surface area contributed by atoms with E-state index in [0.29, 0.717) is 12.5 Å². The minimum atomic E-state index is 0.484. The van der Waals surface area contributed by atoms with E-state index in [4.69, 9.17) is 5.73 Å². The van der Waals surface area contributed by atoms with E-state index in [1.54, 1.807) is 0 Å². The van der Waals surface area contributed by atoms with Crippen LogP contribution in [0, 0.1) is 0 Å². The summed E-state index contributed by atoms with van der Waals surface area (Å²) in [7, 11) is 0. The van der Waals surface area contributed by atoms with Gasteiger partial charge in [-0.25, -0.2) is 9.98 Å². The van der Waals surface area contributed by atoms with Crippen LogP contribution in [0.5, 0.6) is 0 Å². The van der Waals surface area contributed by atoms with Crippen LogP contribution in [-0.4, -0.2) is 30.6 Å².